The maximum Gasteiger partial charge on any atom is 0.216 e. The molecule has 9 rings (SSSR count). The summed E-state index contributed by atoms with van der Waals surface area (Å²) in [7, 11) is 0. The molecular weight excluding hydrogens is 733 g/mol. The third-order valence-electron chi connectivity index (χ3n) is 8.95. The number of imidazole rings is 1. The van der Waals surface area contributed by atoms with E-state index in [1.807, 2.05) is 61.5 Å². The molecule has 0 spiro atoms. The van der Waals surface area contributed by atoms with Gasteiger partial charge in [0.15, 0.2) is 0 Å². The monoisotopic (exact) mass is 765 g/mol. The molecule has 1 aliphatic heterocycles. The zero-order valence-corrected chi connectivity index (χ0v) is 27.6. The Morgan fingerprint density at radius 2 is 1.71 bits per heavy atom. The molecule has 4 aromatic heterocycles. The van der Waals surface area contributed by atoms with E-state index in [9.17, 15) is 0 Å². The van der Waals surface area contributed by atoms with Crippen LogP contribution in [0.15, 0.2) is 102 Å². The van der Waals surface area contributed by atoms with Crippen molar-refractivity contribution in [3.63, 3.8) is 0 Å². The number of hydrogen-bond acceptors (Lipinski definition) is 4. The number of furan rings is 1. The van der Waals surface area contributed by atoms with Gasteiger partial charge in [0.1, 0.15) is 0 Å². The Hall–Kier alpha value is -4.38. The molecule has 45 heavy (non-hydrogen) atoms. The van der Waals surface area contributed by atoms with Gasteiger partial charge in [0.2, 0.25) is 5.71 Å². The summed E-state index contributed by atoms with van der Waals surface area (Å²) in [6.07, 6.45) is 9.66. The van der Waals surface area contributed by atoms with Gasteiger partial charge in [-0.25, -0.2) is 4.98 Å². The quantitative estimate of drug-likeness (QED) is 0.168. The van der Waals surface area contributed by atoms with Crippen LogP contribution in [0.1, 0.15) is 49.9 Å². The minimum atomic E-state index is 0. The first-order valence-corrected chi connectivity index (χ1v) is 15.5. The largest absolute Gasteiger partial charge is 0.486 e. The number of fused-ring (bicyclic) bond motifs is 3. The smallest absolute Gasteiger partial charge is 0.216 e. The average Bonchev–Trinajstić information content (AvgIpc) is 3.82. The van der Waals surface area contributed by atoms with E-state index < -0.39 is 0 Å². The van der Waals surface area contributed by atoms with E-state index in [1.54, 1.807) is 11.8 Å². The van der Waals surface area contributed by atoms with Gasteiger partial charge < -0.3 is 14.0 Å². The van der Waals surface area contributed by atoms with Gasteiger partial charge in [0.25, 0.3) is 0 Å². The fraction of sp³-hybridized carbons (Fsp3) is 0.205. The van der Waals surface area contributed by atoms with Crippen molar-refractivity contribution in [1.29, 1.82) is 0 Å². The number of nitrogens with zero attached hydrogens (tertiary/aromatic N) is 4. The first-order chi connectivity index (χ1) is 21.7. The predicted molar refractivity (Wildman–Crippen MR) is 177 cm³/mol. The predicted octanol–water partition coefficient (Wildman–Crippen LogP) is 9.80. The SMILES string of the molecule is CC1C=C(C2CCCC2)c2cccc3nc(-c4[c-]cccc4)n1c23.Cc1ccc2c(n1)oc1c(-c3ccccn3)[c-]ccc12.[Ir]. The van der Waals surface area contributed by atoms with E-state index in [0.717, 1.165) is 56.1 Å². The molecule has 1 saturated carbocycles. The maximum atomic E-state index is 5.94. The average molecular weight is 765 g/mol. The Bertz CT molecular complexity index is 2160. The number of pyridine rings is 2. The number of aromatic nitrogens is 4. The van der Waals surface area contributed by atoms with E-state index in [2.05, 4.69) is 70.0 Å². The molecule has 2 aliphatic rings. The van der Waals surface area contributed by atoms with Crippen molar-refractivity contribution in [2.45, 2.75) is 45.6 Å². The van der Waals surface area contributed by atoms with Gasteiger partial charge in [-0.3, -0.25) is 4.98 Å². The first kappa shape index (κ1) is 29.3. The van der Waals surface area contributed by atoms with Crippen LogP contribution >= 0.6 is 0 Å². The first-order valence-electron chi connectivity index (χ1n) is 15.5. The summed E-state index contributed by atoms with van der Waals surface area (Å²) in [5.41, 5.74) is 10.6. The molecule has 5 heterocycles. The number of rotatable bonds is 3. The molecule has 6 heteroatoms. The minimum Gasteiger partial charge on any atom is -0.486 e. The van der Waals surface area contributed by atoms with Crippen LogP contribution in [-0.4, -0.2) is 19.5 Å². The van der Waals surface area contributed by atoms with Crippen molar-refractivity contribution in [3.8, 4) is 22.6 Å². The van der Waals surface area contributed by atoms with Crippen LogP contribution in [0.2, 0.25) is 0 Å². The van der Waals surface area contributed by atoms with Gasteiger partial charge in [-0.05, 0) is 68.1 Å². The van der Waals surface area contributed by atoms with E-state index >= 15 is 0 Å². The number of para-hydroxylation sites is 1. The van der Waals surface area contributed by atoms with Crippen molar-refractivity contribution in [1.82, 2.24) is 19.5 Å². The Labute approximate surface area is 276 Å². The van der Waals surface area contributed by atoms with Gasteiger partial charge in [-0.15, -0.1) is 54.1 Å². The molecule has 1 aliphatic carbocycles. The fourth-order valence-corrected chi connectivity index (χ4v) is 6.93. The summed E-state index contributed by atoms with van der Waals surface area (Å²) in [5.74, 6) is 1.76. The molecule has 0 N–H and O–H groups in total. The van der Waals surface area contributed by atoms with Gasteiger partial charge in [-0.1, -0.05) is 54.1 Å². The Morgan fingerprint density at radius 1 is 0.844 bits per heavy atom. The third-order valence-corrected chi connectivity index (χ3v) is 8.95. The second-order valence-corrected chi connectivity index (χ2v) is 11.8. The Morgan fingerprint density at radius 3 is 2.51 bits per heavy atom. The molecular formula is C39H32IrN4O-2. The molecule has 5 nitrogen and oxygen atoms in total. The Balaban J connectivity index is 0.000000144. The Kier molecular flexibility index (Phi) is 7.95. The number of aryl methyl sites for hydroxylation is 1. The molecule has 0 saturated heterocycles. The van der Waals surface area contributed by atoms with Crippen LogP contribution in [0.3, 0.4) is 0 Å². The molecule has 0 amide bonds. The number of hydrogen-bond donors (Lipinski definition) is 0. The van der Waals surface area contributed by atoms with Gasteiger partial charge in [0, 0.05) is 49.0 Å². The fourth-order valence-electron chi connectivity index (χ4n) is 6.93. The second-order valence-electron chi connectivity index (χ2n) is 11.8. The topological polar surface area (TPSA) is 56.7 Å². The van der Waals surface area contributed by atoms with Crippen molar-refractivity contribution >= 4 is 38.7 Å². The zero-order valence-electron chi connectivity index (χ0n) is 25.3. The molecule has 1 fully saturated rings. The van der Waals surface area contributed by atoms with Gasteiger partial charge in [-0.2, -0.15) is 0 Å². The van der Waals surface area contributed by atoms with E-state index in [1.165, 1.54) is 36.8 Å². The zero-order chi connectivity index (χ0) is 29.6. The van der Waals surface area contributed by atoms with Gasteiger partial charge in [0.05, 0.1) is 22.4 Å². The molecule has 1 atom stereocenters. The molecule has 225 valence electrons. The van der Waals surface area contributed by atoms with Gasteiger partial charge >= 0.3 is 0 Å². The van der Waals surface area contributed by atoms with Crippen LogP contribution in [0, 0.1) is 25.0 Å². The summed E-state index contributed by atoms with van der Waals surface area (Å²) >= 11 is 0. The standard InChI is InChI=1S/C22H21N2.C17H11N2O.Ir/c1-15-14-19(16-8-5-6-9-16)18-12-7-13-20-21(18)24(15)22(23-20)17-10-3-2-4-11-17;1-11-8-9-13-12-5-4-6-14(15-7-2-3-10-18-15)16(12)20-17(13)19-11;/h2-4,7,10,12-16H,5-6,8-9H2,1H3;2-5,7-10H,1H3;/q2*-1;. The van der Waals surface area contributed by atoms with E-state index in [4.69, 9.17) is 9.40 Å². The van der Waals surface area contributed by atoms with E-state index in [0.29, 0.717) is 11.8 Å². The van der Waals surface area contributed by atoms with Crippen molar-refractivity contribution < 1.29 is 24.5 Å². The number of benzene rings is 3. The summed E-state index contributed by atoms with van der Waals surface area (Å²) in [5, 5.41) is 2.07. The summed E-state index contributed by atoms with van der Waals surface area (Å²) in [6.45, 7) is 4.25. The maximum absolute atomic E-state index is 5.94. The van der Waals surface area contributed by atoms with Crippen LogP contribution in [0.4, 0.5) is 0 Å². The molecule has 7 aromatic rings. The molecule has 3 aromatic carbocycles. The van der Waals surface area contributed by atoms with Crippen LogP contribution < -0.4 is 0 Å². The van der Waals surface area contributed by atoms with E-state index in [-0.39, 0.29) is 20.1 Å². The van der Waals surface area contributed by atoms with Crippen molar-refractivity contribution in [2.24, 2.45) is 5.92 Å². The molecule has 1 radical (unpaired) electrons. The summed E-state index contributed by atoms with van der Waals surface area (Å²) in [4.78, 5) is 13.8. The van der Waals surface area contributed by atoms with Crippen molar-refractivity contribution in [2.75, 3.05) is 0 Å². The normalized spacial score (nSPS) is 16.0. The molecule has 0 bridgehead atoms. The summed E-state index contributed by atoms with van der Waals surface area (Å²) in [6, 6.07) is 35.4. The van der Waals surface area contributed by atoms with Crippen LogP contribution in [0.25, 0.3) is 61.3 Å². The minimum absolute atomic E-state index is 0. The third kappa shape index (κ3) is 5.22. The van der Waals surface area contributed by atoms with Crippen LogP contribution in [-0.2, 0) is 20.1 Å². The second kappa shape index (κ2) is 12.2. The summed E-state index contributed by atoms with van der Waals surface area (Å²) < 4.78 is 8.33. The van der Waals surface area contributed by atoms with Crippen molar-refractivity contribution in [3.05, 3.63) is 121 Å². The van der Waals surface area contributed by atoms with Crippen LogP contribution in [0.5, 0.6) is 0 Å². The molecule has 1 unspecified atom stereocenters. The number of allylic oxidation sites excluding steroid dienone is 2.